The highest BCUT2D eigenvalue weighted by Gasteiger charge is 2.25. The van der Waals surface area contributed by atoms with Crippen LogP contribution in [0.15, 0.2) is 24.3 Å². The van der Waals surface area contributed by atoms with Crippen LogP contribution in [0.5, 0.6) is 0 Å². The highest BCUT2D eigenvalue weighted by atomic mass is 16.4. The molecular weight excluding hydrogens is 256 g/mol. The van der Waals surface area contributed by atoms with Gasteiger partial charge in [-0.15, -0.1) is 0 Å². The minimum Gasteiger partial charge on any atom is -0.481 e. The van der Waals surface area contributed by atoms with Crippen molar-refractivity contribution in [3.63, 3.8) is 0 Å². The first-order valence-corrected chi connectivity index (χ1v) is 6.94. The highest BCUT2D eigenvalue weighted by Crippen LogP contribution is 2.33. The summed E-state index contributed by atoms with van der Waals surface area (Å²) >= 11 is 0. The molecule has 1 aliphatic rings. The zero-order valence-corrected chi connectivity index (χ0v) is 11.6. The van der Waals surface area contributed by atoms with Gasteiger partial charge in [-0.05, 0) is 18.1 Å². The van der Waals surface area contributed by atoms with E-state index in [0.29, 0.717) is 12.8 Å². The number of hydrogen-bond acceptors (Lipinski definition) is 3. The molecule has 1 aromatic carbocycles. The number of aliphatic carboxylic acids is 1. The van der Waals surface area contributed by atoms with E-state index in [-0.39, 0.29) is 24.3 Å². The summed E-state index contributed by atoms with van der Waals surface area (Å²) in [5.41, 5.74) is 2.25. The van der Waals surface area contributed by atoms with Gasteiger partial charge in [0.25, 0.3) is 0 Å². The van der Waals surface area contributed by atoms with Crippen molar-refractivity contribution in [1.82, 2.24) is 5.32 Å². The predicted octanol–water partition coefficient (Wildman–Crippen LogP) is 1.96. The molecule has 0 radical (unpaired) electrons. The number of carbonyl (C=O) groups is 2. The Morgan fingerprint density at radius 1 is 1.45 bits per heavy atom. The van der Waals surface area contributed by atoms with Crippen LogP contribution in [0.4, 0.5) is 5.69 Å². The van der Waals surface area contributed by atoms with Crippen LogP contribution in [0, 0.1) is 0 Å². The number of hydrogen-bond donors (Lipinski definition) is 3. The van der Waals surface area contributed by atoms with Gasteiger partial charge in [0.15, 0.2) is 0 Å². The van der Waals surface area contributed by atoms with Gasteiger partial charge >= 0.3 is 5.97 Å². The van der Waals surface area contributed by atoms with Crippen LogP contribution < -0.4 is 10.6 Å². The molecule has 5 nitrogen and oxygen atoms in total. The molecule has 2 rings (SSSR count). The first kappa shape index (κ1) is 14.4. The van der Waals surface area contributed by atoms with E-state index in [4.69, 9.17) is 5.11 Å². The predicted molar refractivity (Wildman–Crippen MR) is 76.8 cm³/mol. The van der Waals surface area contributed by atoms with Crippen molar-refractivity contribution in [2.24, 2.45) is 0 Å². The number of carbonyl (C=O) groups excluding carboxylic acids is 1. The summed E-state index contributed by atoms with van der Waals surface area (Å²) in [5, 5.41) is 14.9. The molecule has 0 fully saturated rings. The molecule has 1 aliphatic heterocycles. The molecule has 0 aliphatic carbocycles. The van der Waals surface area contributed by atoms with Gasteiger partial charge in [0.1, 0.15) is 0 Å². The Morgan fingerprint density at radius 3 is 2.90 bits per heavy atom. The van der Waals surface area contributed by atoms with Crippen LogP contribution in [0.2, 0.25) is 0 Å². The molecule has 1 heterocycles. The maximum Gasteiger partial charge on any atom is 0.305 e. The smallest absolute Gasteiger partial charge is 0.305 e. The van der Waals surface area contributed by atoms with Crippen molar-refractivity contribution in [1.29, 1.82) is 0 Å². The molecule has 0 saturated heterocycles. The molecule has 0 bridgehead atoms. The van der Waals surface area contributed by atoms with Gasteiger partial charge in [0.05, 0.1) is 6.42 Å². The Hall–Kier alpha value is -2.04. The van der Waals surface area contributed by atoms with Crippen LogP contribution in [0.1, 0.15) is 37.7 Å². The molecular formula is C15H20N2O3. The summed E-state index contributed by atoms with van der Waals surface area (Å²) in [5.74, 6) is -0.805. The summed E-state index contributed by atoms with van der Waals surface area (Å²) in [6, 6.07) is 7.68. The number of fused-ring (bicyclic) bond motifs is 1. The zero-order chi connectivity index (χ0) is 14.5. The maximum absolute atomic E-state index is 12.0. The zero-order valence-electron chi connectivity index (χ0n) is 11.6. The minimum absolute atomic E-state index is 0.0260. The van der Waals surface area contributed by atoms with Gasteiger partial charge < -0.3 is 15.7 Å². The van der Waals surface area contributed by atoms with Gasteiger partial charge in [-0.3, -0.25) is 9.59 Å². The van der Waals surface area contributed by atoms with Crippen molar-refractivity contribution < 1.29 is 14.7 Å². The second kappa shape index (κ2) is 6.41. The van der Waals surface area contributed by atoms with Crippen molar-refractivity contribution in [2.45, 2.75) is 38.1 Å². The topological polar surface area (TPSA) is 78.4 Å². The third kappa shape index (κ3) is 3.50. The first-order chi connectivity index (χ1) is 9.60. The minimum atomic E-state index is -0.884. The van der Waals surface area contributed by atoms with E-state index >= 15 is 0 Å². The Kier molecular flexibility index (Phi) is 4.61. The highest BCUT2D eigenvalue weighted by molar-refractivity contribution is 5.79. The fourth-order valence-corrected chi connectivity index (χ4v) is 2.56. The average Bonchev–Trinajstić information content (AvgIpc) is 2.81. The van der Waals surface area contributed by atoms with E-state index in [1.165, 1.54) is 0 Å². The van der Waals surface area contributed by atoms with Gasteiger partial charge in [0.2, 0.25) is 5.91 Å². The molecule has 2 atom stereocenters. The molecule has 108 valence electrons. The molecule has 0 spiro atoms. The van der Waals surface area contributed by atoms with Crippen LogP contribution in [-0.4, -0.2) is 29.6 Å². The lowest BCUT2D eigenvalue weighted by atomic mass is 9.97. The van der Waals surface area contributed by atoms with E-state index in [1.54, 1.807) is 0 Å². The standard InChI is InChI=1S/C15H20N2O3/c1-2-11(8-15(19)20)17-14(18)7-10-9-16-13-6-4-3-5-12(10)13/h3-6,10-11,16H,2,7-9H2,1H3,(H,17,18)(H,19,20). The average molecular weight is 276 g/mol. The Bertz CT molecular complexity index is 502. The third-order valence-corrected chi connectivity index (χ3v) is 3.65. The molecule has 1 aromatic rings. The molecule has 20 heavy (non-hydrogen) atoms. The Balaban J connectivity index is 1.91. The van der Waals surface area contributed by atoms with Crippen molar-refractivity contribution >= 4 is 17.6 Å². The second-order valence-corrected chi connectivity index (χ2v) is 5.14. The van der Waals surface area contributed by atoms with E-state index in [2.05, 4.69) is 10.6 Å². The van der Waals surface area contributed by atoms with Crippen molar-refractivity contribution in [3.8, 4) is 0 Å². The second-order valence-electron chi connectivity index (χ2n) is 5.14. The number of nitrogens with one attached hydrogen (secondary N) is 2. The fraction of sp³-hybridized carbons (Fsp3) is 0.467. The van der Waals surface area contributed by atoms with Crippen LogP contribution in [-0.2, 0) is 9.59 Å². The normalized spacial score (nSPS) is 17.9. The van der Waals surface area contributed by atoms with E-state index in [1.807, 2.05) is 31.2 Å². The monoisotopic (exact) mass is 276 g/mol. The number of para-hydroxylation sites is 1. The van der Waals surface area contributed by atoms with Gasteiger partial charge in [-0.1, -0.05) is 25.1 Å². The molecule has 1 amide bonds. The van der Waals surface area contributed by atoms with Crippen LogP contribution in [0.3, 0.4) is 0 Å². The summed E-state index contributed by atoms with van der Waals surface area (Å²) < 4.78 is 0. The fourth-order valence-electron chi connectivity index (χ4n) is 2.56. The van der Waals surface area contributed by atoms with Gasteiger partial charge in [-0.25, -0.2) is 0 Å². The first-order valence-electron chi connectivity index (χ1n) is 6.94. The quantitative estimate of drug-likeness (QED) is 0.742. The van der Waals surface area contributed by atoms with Crippen molar-refractivity contribution in [2.75, 3.05) is 11.9 Å². The van der Waals surface area contributed by atoms with E-state index in [0.717, 1.165) is 17.8 Å². The maximum atomic E-state index is 12.0. The van der Waals surface area contributed by atoms with Gasteiger partial charge in [-0.2, -0.15) is 0 Å². The number of carboxylic acid groups (broad SMARTS) is 1. The number of carboxylic acids is 1. The third-order valence-electron chi connectivity index (χ3n) is 3.65. The molecule has 0 aromatic heterocycles. The molecule has 5 heteroatoms. The number of amides is 1. The van der Waals surface area contributed by atoms with Crippen LogP contribution >= 0.6 is 0 Å². The number of anilines is 1. The summed E-state index contributed by atoms with van der Waals surface area (Å²) in [7, 11) is 0. The van der Waals surface area contributed by atoms with Gasteiger partial charge in [0, 0.05) is 30.6 Å². The molecule has 0 saturated carbocycles. The summed E-state index contributed by atoms with van der Waals surface area (Å²) in [6.07, 6.45) is 0.986. The molecule has 3 N–H and O–H groups in total. The van der Waals surface area contributed by atoms with E-state index < -0.39 is 5.97 Å². The van der Waals surface area contributed by atoms with Crippen LogP contribution in [0.25, 0.3) is 0 Å². The lowest BCUT2D eigenvalue weighted by Gasteiger charge is -2.16. The largest absolute Gasteiger partial charge is 0.481 e. The lowest BCUT2D eigenvalue weighted by molar-refractivity contribution is -0.137. The number of rotatable bonds is 6. The summed E-state index contributed by atoms with van der Waals surface area (Å²) in [4.78, 5) is 22.7. The number of benzene rings is 1. The summed E-state index contributed by atoms with van der Waals surface area (Å²) in [6.45, 7) is 2.63. The Morgan fingerprint density at radius 2 is 2.20 bits per heavy atom. The Labute approximate surface area is 118 Å². The van der Waals surface area contributed by atoms with E-state index in [9.17, 15) is 9.59 Å². The lowest BCUT2D eigenvalue weighted by Crippen LogP contribution is -2.36. The molecule has 2 unspecified atom stereocenters. The SMILES string of the molecule is CCC(CC(=O)O)NC(=O)CC1CNc2ccccc21. The van der Waals surface area contributed by atoms with Crippen molar-refractivity contribution in [3.05, 3.63) is 29.8 Å².